The first-order valence-corrected chi connectivity index (χ1v) is 10.7. The number of aryl methyl sites for hydroxylation is 1. The van der Waals surface area contributed by atoms with E-state index in [0.717, 1.165) is 22.6 Å². The van der Waals surface area contributed by atoms with Crippen molar-refractivity contribution in [3.05, 3.63) is 87.4 Å². The summed E-state index contributed by atoms with van der Waals surface area (Å²) >= 11 is 1.70. The maximum absolute atomic E-state index is 12.4. The largest absolute Gasteiger partial charge is 0.457 e. The maximum Gasteiger partial charge on any atom is 0.338 e. The quantitative estimate of drug-likeness (QED) is 0.327. The number of carbonyl (C=O) groups is 1. The first-order chi connectivity index (χ1) is 14.7. The van der Waals surface area contributed by atoms with Gasteiger partial charge in [0.1, 0.15) is 11.6 Å². The van der Waals surface area contributed by atoms with E-state index in [1.165, 1.54) is 4.88 Å². The van der Waals surface area contributed by atoms with Gasteiger partial charge < -0.3 is 15.4 Å². The van der Waals surface area contributed by atoms with Crippen LogP contribution in [0.15, 0.2) is 65.8 Å². The number of nitrogens with one attached hydrogen (secondary N) is 2. The standard InChI is InChI=1S/C23H26N4O2S/c1-3-20-14-25-21(30-20)15-27-23(24-2)26-13-18-10-7-11-19(12-18)22(28)29-16-17-8-5-4-6-9-17/h4-12,14H,3,13,15-16H2,1-2H3,(H2,24,26,27). The summed E-state index contributed by atoms with van der Waals surface area (Å²) in [7, 11) is 1.73. The lowest BCUT2D eigenvalue weighted by molar-refractivity contribution is 0.0472. The molecule has 0 amide bonds. The van der Waals surface area contributed by atoms with E-state index >= 15 is 0 Å². The summed E-state index contributed by atoms with van der Waals surface area (Å²) in [4.78, 5) is 22.3. The number of esters is 1. The molecule has 3 rings (SSSR count). The molecular formula is C23H26N4O2S. The van der Waals surface area contributed by atoms with Crippen molar-refractivity contribution >= 4 is 23.3 Å². The van der Waals surface area contributed by atoms with Crippen LogP contribution in [0.3, 0.4) is 0 Å². The molecule has 0 saturated carbocycles. The Morgan fingerprint density at radius 2 is 1.83 bits per heavy atom. The van der Waals surface area contributed by atoms with Crippen LogP contribution in [0, 0.1) is 0 Å². The number of carbonyl (C=O) groups excluding carboxylic acids is 1. The minimum atomic E-state index is -0.335. The van der Waals surface area contributed by atoms with Crippen molar-refractivity contribution in [3.8, 4) is 0 Å². The SMILES string of the molecule is CCc1cnc(CNC(=NC)NCc2cccc(C(=O)OCc3ccccc3)c2)s1. The number of hydrogen-bond donors (Lipinski definition) is 2. The molecule has 1 heterocycles. The summed E-state index contributed by atoms with van der Waals surface area (Å²) in [6, 6.07) is 17.1. The van der Waals surface area contributed by atoms with Crippen LogP contribution in [0.25, 0.3) is 0 Å². The van der Waals surface area contributed by atoms with Crippen molar-refractivity contribution < 1.29 is 9.53 Å². The second-order valence-corrected chi connectivity index (χ2v) is 7.82. The Bertz CT molecular complexity index is 986. The molecule has 0 aliphatic carbocycles. The molecular weight excluding hydrogens is 396 g/mol. The molecule has 0 aliphatic heterocycles. The molecule has 3 aromatic rings. The molecule has 2 aromatic carbocycles. The van der Waals surface area contributed by atoms with Gasteiger partial charge in [-0.25, -0.2) is 9.78 Å². The number of benzene rings is 2. The highest BCUT2D eigenvalue weighted by atomic mass is 32.1. The highest BCUT2D eigenvalue weighted by Crippen LogP contribution is 2.13. The molecule has 0 radical (unpaired) electrons. The van der Waals surface area contributed by atoms with E-state index in [4.69, 9.17) is 4.74 Å². The van der Waals surface area contributed by atoms with Gasteiger partial charge in [-0.2, -0.15) is 0 Å². The van der Waals surface area contributed by atoms with Gasteiger partial charge in [0.2, 0.25) is 0 Å². The maximum atomic E-state index is 12.4. The fraction of sp³-hybridized carbons (Fsp3) is 0.261. The van der Waals surface area contributed by atoms with Gasteiger partial charge in [-0.1, -0.05) is 49.4 Å². The molecule has 0 saturated heterocycles. The van der Waals surface area contributed by atoms with Crippen molar-refractivity contribution in [1.29, 1.82) is 0 Å². The Kier molecular flexibility index (Phi) is 7.97. The summed E-state index contributed by atoms with van der Waals surface area (Å²) in [6.45, 7) is 3.54. The Labute approximate surface area is 181 Å². The molecule has 0 spiro atoms. The zero-order valence-electron chi connectivity index (χ0n) is 17.2. The van der Waals surface area contributed by atoms with Gasteiger partial charge in [0.15, 0.2) is 5.96 Å². The van der Waals surface area contributed by atoms with Crippen molar-refractivity contribution in [1.82, 2.24) is 15.6 Å². The molecule has 0 bridgehead atoms. The first-order valence-electron chi connectivity index (χ1n) is 9.86. The average Bonchev–Trinajstić information content (AvgIpc) is 3.26. The zero-order valence-corrected chi connectivity index (χ0v) is 18.0. The van der Waals surface area contributed by atoms with E-state index < -0.39 is 0 Å². The lowest BCUT2D eigenvalue weighted by Gasteiger charge is -2.12. The predicted molar refractivity (Wildman–Crippen MR) is 121 cm³/mol. The van der Waals surface area contributed by atoms with E-state index in [-0.39, 0.29) is 12.6 Å². The molecule has 6 nitrogen and oxygen atoms in total. The van der Waals surface area contributed by atoms with Gasteiger partial charge in [-0.3, -0.25) is 4.99 Å². The van der Waals surface area contributed by atoms with E-state index in [1.54, 1.807) is 24.5 Å². The summed E-state index contributed by atoms with van der Waals surface area (Å²) < 4.78 is 5.41. The Morgan fingerprint density at radius 1 is 1.07 bits per heavy atom. The number of hydrogen-bond acceptors (Lipinski definition) is 5. The van der Waals surface area contributed by atoms with Crippen molar-refractivity contribution in [3.63, 3.8) is 0 Å². The minimum Gasteiger partial charge on any atom is -0.457 e. The number of thiazole rings is 1. The summed E-state index contributed by atoms with van der Waals surface area (Å²) in [5.41, 5.74) is 2.46. The van der Waals surface area contributed by atoms with Gasteiger partial charge in [0, 0.05) is 24.7 Å². The monoisotopic (exact) mass is 422 g/mol. The molecule has 0 atom stereocenters. The number of rotatable bonds is 8. The molecule has 1 aromatic heterocycles. The van der Waals surface area contributed by atoms with Crippen molar-refractivity contribution in [2.24, 2.45) is 4.99 Å². The second-order valence-electron chi connectivity index (χ2n) is 6.62. The van der Waals surface area contributed by atoms with Crippen LogP contribution in [0.1, 0.15) is 38.3 Å². The summed E-state index contributed by atoms with van der Waals surface area (Å²) in [5, 5.41) is 7.55. The average molecular weight is 423 g/mol. The first kappa shape index (κ1) is 21.5. The molecule has 0 unspecified atom stereocenters. The van der Waals surface area contributed by atoms with Gasteiger partial charge in [-0.05, 0) is 29.7 Å². The topological polar surface area (TPSA) is 75.6 Å². The third kappa shape index (κ3) is 6.42. The van der Waals surface area contributed by atoms with Crippen molar-refractivity contribution in [2.75, 3.05) is 7.05 Å². The lowest BCUT2D eigenvalue weighted by Crippen LogP contribution is -2.36. The van der Waals surface area contributed by atoms with E-state index in [9.17, 15) is 4.79 Å². The lowest BCUT2D eigenvalue weighted by atomic mass is 10.1. The Morgan fingerprint density at radius 3 is 2.57 bits per heavy atom. The second kappa shape index (κ2) is 11.1. The Balaban J connectivity index is 1.50. The third-order valence-electron chi connectivity index (χ3n) is 4.42. The van der Waals surface area contributed by atoms with Crippen LogP contribution in [0.2, 0.25) is 0 Å². The van der Waals surface area contributed by atoms with E-state index in [1.807, 2.05) is 54.7 Å². The van der Waals surface area contributed by atoms with E-state index in [0.29, 0.717) is 24.6 Å². The fourth-order valence-electron chi connectivity index (χ4n) is 2.77. The molecule has 156 valence electrons. The molecule has 0 fully saturated rings. The third-order valence-corrected chi connectivity index (χ3v) is 5.56. The van der Waals surface area contributed by atoms with Gasteiger partial charge in [-0.15, -0.1) is 11.3 Å². The van der Waals surface area contributed by atoms with Crippen LogP contribution >= 0.6 is 11.3 Å². The van der Waals surface area contributed by atoms with Crippen LogP contribution in [-0.2, 0) is 30.9 Å². The fourth-order valence-corrected chi connectivity index (χ4v) is 3.58. The smallest absolute Gasteiger partial charge is 0.338 e. The van der Waals surface area contributed by atoms with E-state index in [2.05, 4.69) is 27.5 Å². The van der Waals surface area contributed by atoms with Gasteiger partial charge >= 0.3 is 5.97 Å². The summed E-state index contributed by atoms with van der Waals surface area (Å²) in [6.07, 6.45) is 2.91. The molecule has 30 heavy (non-hydrogen) atoms. The van der Waals surface area contributed by atoms with Gasteiger partial charge in [0.25, 0.3) is 0 Å². The summed E-state index contributed by atoms with van der Waals surface area (Å²) in [5.74, 6) is 0.346. The van der Waals surface area contributed by atoms with Gasteiger partial charge in [0.05, 0.1) is 12.1 Å². The molecule has 2 N–H and O–H groups in total. The van der Waals surface area contributed by atoms with Crippen LogP contribution in [0.4, 0.5) is 0 Å². The minimum absolute atomic E-state index is 0.259. The number of nitrogens with zero attached hydrogens (tertiary/aromatic N) is 2. The number of aromatic nitrogens is 1. The van der Waals surface area contributed by atoms with Crippen LogP contribution in [-0.4, -0.2) is 24.0 Å². The van der Waals surface area contributed by atoms with Crippen molar-refractivity contribution in [2.45, 2.75) is 33.0 Å². The predicted octanol–water partition coefficient (Wildman–Crippen LogP) is 3.93. The zero-order chi connectivity index (χ0) is 21.2. The highest BCUT2D eigenvalue weighted by Gasteiger charge is 2.09. The number of ether oxygens (including phenoxy) is 1. The Hall–Kier alpha value is -3.19. The number of guanidine groups is 1. The molecule has 0 aliphatic rings. The van der Waals surface area contributed by atoms with Crippen LogP contribution < -0.4 is 10.6 Å². The molecule has 7 heteroatoms. The number of aliphatic imine (C=N–C) groups is 1. The normalized spacial score (nSPS) is 11.2. The highest BCUT2D eigenvalue weighted by molar-refractivity contribution is 7.11. The van der Waals surface area contributed by atoms with Crippen LogP contribution in [0.5, 0.6) is 0 Å².